The van der Waals surface area contributed by atoms with Crippen LogP contribution in [0.5, 0.6) is 0 Å². The molecule has 0 unspecified atom stereocenters. The molecule has 0 aliphatic heterocycles. The fourth-order valence-electron chi connectivity index (χ4n) is 11.8. The fraction of sp³-hybridized carbons (Fsp3) is 0.733. The number of nitrogens with zero attached hydrogens (tertiary/aromatic N) is 4. The van der Waals surface area contributed by atoms with Gasteiger partial charge in [-0.2, -0.15) is 0 Å². The van der Waals surface area contributed by atoms with E-state index in [2.05, 4.69) is 125 Å². The van der Waals surface area contributed by atoms with Gasteiger partial charge in [-0.25, -0.2) is 0 Å². The van der Waals surface area contributed by atoms with Crippen molar-refractivity contribution in [1.82, 2.24) is 0 Å². The summed E-state index contributed by atoms with van der Waals surface area (Å²) in [4.78, 5) is 0. The van der Waals surface area contributed by atoms with Crippen LogP contribution in [-0.2, 0) is 21.7 Å². The molecule has 0 aromatic rings. The molecule has 0 amide bonds. The predicted molar refractivity (Wildman–Crippen MR) is 283 cm³/mol. The Morgan fingerprint density at radius 3 is 0.538 bits per heavy atom. The summed E-state index contributed by atoms with van der Waals surface area (Å²) in [6.07, 6.45) is 78.1. The summed E-state index contributed by atoms with van der Waals surface area (Å²) in [7, 11) is 0. The van der Waals surface area contributed by atoms with Gasteiger partial charge in [0.15, 0.2) is 0 Å². The van der Waals surface area contributed by atoms with Crippen molar-refractivity contribution in [2.75, 3.05) is 0 Å². The Kier molecular flexibility index (Phi) is 27.2. The largest absolute Gasteiger partial charge is 4.00 e. The first kappa shape index (κ1) is 56.1. The number of hydrogen-bond donors (Lipinski definition) is 0. The molecule has 0 aromatic carbocycles. The molecule has 0 atom stereocenters. The number of allylic oxidation sites excluding steroid dienone is 8. The van der Waals surface area contributed by atoms with Crippen LogP contribution in [0.1, 0.15) is 233 Å². The van der Waals surface area contributed by atoms with E-state index in [0.29, 0.717) is 24.2 Å². The summed E-state index contributed by atoms with van der Waals surface area (Å²) in [5.74, 6) is 0. The molecule has 8 aliphatic rings. The van der Waals surface area contributed by atoms with E-state index in [1.165, 1.54) is 205 Å². The van der Waals surface area contributed by atoms with Crippen molar-refractivity contribution in [1.29, 1.82) is 0 Å². The van der Waals surface area contributed by atoms with E-state index in [9.17, 15) is 0 Å². The molecular weight excluding hydrogens is 825 g/mol. The molecule has 4 saturated carbocycles. The first-order valence-electron chi connectivity index (χ1n) is 27.7. The van der Waals surface area contributed by atoms with Gasteiger partial charge in [0.05, 0.1) is 0 Å². The first-order valence-corrected chi connectivity index (χ1v) is 27.7. The van der Waals surface area contributed by atoms with Gasteiger partial charge in [0.1, 0.15) is 0 Å². The molecule has 4 fully saturated rings. The Labute approximate surface area is 417 Å². The molecule has 0 N–H and O–H groups in total. The van der Waals surface area contributed by atoms with Gasteiger partial charge < -0.3 is 21.3 Å². The van der Waals surface area contributed by atoms with E-state index in [1.807, 2.05) is 0 Å². The average Bonchev–Trinajstić information content (AvgIpc) is 4.15. The van der Waals surface area contributed by atoms with Gasteiger partial charge in [0.25, 0.3) is 0 Å². The molecule has 360 valence electrons. The summed E-state index contributed by atoms with van der Waals surface area (Å²) < 4.78 is 0. The van der Waals surface area contributed by atoms with Crippen molar-refractivity contribution in [2.45, 2.75) is 279 Å². The maximum atomic E-state index is 5.11. The fourth-order valence-corrected chi connectivity index (χ4v) is 11.8. The first-order chi connectivity index (χ1) is 31.4. The van der Waals surface area contributed by atoms with Gasteiger partial charge >= 0.3 is 21.7 Å². The second-order valence-electron chi connectivity index (χ2n) is 20.9. The van der Waals surface area contributed by atoms with Crippen LogP contribution in [0.2, 0.25) is 0 Å². The summed E-state index contributed by atoms with van der Waals surface area (Å²) in [6.45, 7) is 9.25. The van der Waals surface area contributed by atoms with Crippen LogP contribution in [0.25, 0.3) is 21.3 Å². The zero-order valence-electron chi connectivity index (χ0n) is 42.5. The van der Waals surface area contributed by atoms with Crippen molar-refractivity contribution < 1.29 is 21.7 Å². The number of hydrogen-bond acceptors (Lipinski definition) is 0. The van der Waals surface area contributed by atoms with Crippen molar-refractivity contribution >= 4 is 0 Å². The average molecular weight is 921 g/mol. The molecular formula is C60H96N4Ti. The number of rotatable bonds is 12. The molecule has 8 rings (SSSR count). The Morgan fingerprint density at radius 1 is 0.262 bits per heavy atom. The van der Waals surface area contributed by atoms with Gasteiger partial charge in [0.2, 0.25) is 0 Å². The van der Waals surface area contributed by atoms with Crippen LogP contribution in [0.3, 0.4) is 0 Å². The molecule has 0 spiro atoms. The van der Waals surface area contributed by atoms with E-state index in [1.54, 1.807) is 0 Å². The van der Waals surface area contributed by atoms with E-state index >= 15 is 0 Å². The Morgan fingerprint density at radius 2 is 0.400 bits per heavy atom. The van der Waals surface area contributed by atoms with Gasteiger partial charge in [-0.3, -0.25) is 0 Å². The Bertz CT molecular complexity index is 1210. The minimum atomic E-state index is 0. The third-order valence-electron chi connectivity index (χ3n) is 16.4. The van der Waals surface area contributed by atoms with Gasteiger partial charge in [-0.15, -0.1) is 22.2 Å². The van der Waals surface area contributed by atoms with Crippen molar-refractivity contribution in [3.05, 3.63) is 118 Å². The van der Waals surface area contributed by atoms with Crippen LogP contribution in [0.15, 0.2) is 97.2 Å². The minimum absolute atomic E-state index is 0. The minimum Gasteiger partial charge on any atom is -0.647 e. The molecule has 0 aromatic heterocycles. The van der Waals surface area contributed by atoms with Gasteiger partial charge in [-0.1, -0.05) is 355 Å². The Hall–Kier alpha value is -1.53. The topological polar surface area (TPSA) is 56.4 Å². The maximum Gasteiger partial charge on any atom is 4.00 e. The van der Waals surface area contributed by atoms with Crippen molar-refractivity contribution in [3.8, 4) is 0 Å². The van der Waals surface area contributed by atoms with Crippen LogP contribution in [0, 0.1) is 0 Å². The standard InChI is InChI=1S/4C15H24N.Ti/c4*1-2-15(16-14-10-6-7-11-14)12-8-4-3-5-9-13-15;/h4*6-7,10-11,14H,2-5,8-9,12-13H2,1H3;/q4*-1;+4. The molecule has 0 heterocycles. The summed E-state index contributed by atoms with van der Waals surface area (Å²) in [5, 5.41) is 20.5. The van der Waals surface area contributed by atoms with Crippen molar-refractivity contribution in [3.63, 3.8) is 0 Å². The quantitative estimate of drug-likeness (QED) is 0.175. The van der Waals surface area contributed by atoms with Crippen LogP contribution < -0.4 is 0 Å². The van der Waals surface area contributed by atoms with Gasteiger partial charge in [0, 0.05) is 0 Å². The van der Waals surface area contributed by atoms with Crippen LogP contribution in [0.4, 0.5) is 0 Å². The normalized spacial score (nSPS) is 25.2. The third kappa shape index (κ3) is 20.2. The summed E-state index contributed by atoms with van der Waals surface area (Å²) in [6, 6.07) is 1.44. The summed E-state index contributed by atoms with van der Waals surface area (Å²) in [5.41, 5.74) is 1.13. The van der Waals surface area contributed by atoms with E-state index in [-0.39, 0.29) is 43.9 Å². The molecule has 8 aliphatic carbocycles. The van der Waals surface area contributed by atoms with E-state index < -0.39 is 0 Å². The third-order valence-corrected chi connectivity index (χ3v) is 16.4. The van der Waals surface area contributed by atoms with Gasteiger partial charge in [-0.05, 0) is 0 Å². The maximum absolute atomic E-state index is 5.11. The smallest absolute Gasteiger partial charge is 0.647 e. The molecule has 4 nitrogen and oxygen atoms in total. The molecule has 0 saturated heterocycles. The zero-order valence-corrected chi connectivity index (χ0v) is 44.0. The molecule has 5 heteroatoms. The zero-order chi connectivity index (χ0) is 45.1. The molecule has 0 radical (unpaired) electrons. The van der Waals surface area contributed by atoms with E-state index in [0.717, 1.165) is 0 Å². The monoisotopic (exact) mass is 921 g/mol. The van der Waals surface area contributed by atoms with Crippen LogP contribution >= 0.6 is 0 Å². The second-order valence-corrected chi connectivity index (χ2v) is 20.9. The second kappa shape index (κ2) is 31.6. The Balaban J connectivity index is 0.000000189. The molecule has 65 heavy (non-hydrogen) atoms. The van der Waals surface area contributed by atoms with Crippen LogP contribution in [-0.4, -0.2) is 46.3 Å². The predicted octanol–water partition coefficient (Wildman–Crippen LogP) is 19.0. The SMILES string of the molecule is CCC1([N-]C2C=CC=C2)CCCCCCC1.CCC1([N-]C2C=CC=C2)CCCCCCC1.CCC1([N-]C2C=CC=C2)CCCCCCC1.CCC1([N-]C2C=CC=C2)CCCCCCC1.[Ti+4]. The van der Waals surface area contributed by atoms with E-state index in [4.69, 9.17) is 21.3 Å². The molecule has 0 bridgehead atoms. The van der Waals surface area contributed by atoms with Crippen molar-refractivity contribution in [2.24, 2.45) is 0 Å². The summed E-state index contributed by atoms with van der Waals surface area (Å²) >= 11 is 0.